The molecule has 0 unspecified atom stereocenters. The highest BCUT2D eigenvalue weighted by Crippen LogP contribution is 2.27. The zero-order valence-corrected chi connectivity index (χ0v) is 12.8. The lowest BCUT2D eigenvalue weighted by Crippen LogP contribution is -2.43. The number of benzene rings is 1. The maximum Gasteiger partial charge on any atom is 0.573 e. The number of para-hydroxylation sites is 1. The van der Waals surface area contributed by atoms with E-state index in [2.05, 4.69) is 10.1 Å². The van der Waals surface area contributed by atoms with Gasteiger partial charge < -0.3 is 15.0 Å². The standard InChI is InChI=1S/C16H19F3N2O2/c1-20-13-8-10-21(11-9-13)15(22)7-6-12-4-2-3-5-14(12)23-16(17,18)19/h2-7,13,20H,8-11H2,1H3/b7-6+. The van der Waals surface area contributed by atoms with Crippen LogP contribution in [-0.2, 0) is 4.79 Å². The van der Waals surface area contributed by atoms with Gasteiger partial charge in [0.1, 0.15) is 5.75 Å². The summed E-state index contributed by atoms with van der Waals surface area (Å²) in [4.78, 5) is 13.8. The summed E-state index contributed by atoms with van der Waals surface area (Å²) in [6.45, 7) is 1.27. The number of carbonyl (C=O) groups excluding carboxylic acids is 1. The van der Waals surface area contributed by atoms with Gasteiger partial charge in [-0.2, -0.15) is 0 Å². The fourth-order valence-corrected chi connectivity index (χ4v) is 2.49. The number of carbonyl (C=O) groups is 1. The highest BCUT2D eigenvalue weighted by Gasteiger charge is 2.31. The number of nitrogens with zero attached hydrogens (tertiary/aromatic N) is 1. The van der Waals surface area contributed by atoms with Crippen LogP contribution in [0, 0.1) is 0 Å². The SMILES string of the molecule is CNC1CCN(C(=O)/C=C/c2ccccc2OC(F)(F)F)CC1. The molecule has 1 aromatic carbocycles. The van der Waals surface area contributed by atoms with Gasteiger partial charge in [-0.1, -0.05) is 18.2 Å². The van der Waals surface area contributed by atoms with Crippen molar-refractivity contribution in [3.8, 4) is 5.75 Å². The third-order valence-corrected chi connectivity index (χ3v) is 3.77. The van der Waals surface area contributed by atoms with Gasteiger partial charge in [0, 0.05) is 30.8 Å². The number of likely N-dealkylation sites (tertiary alicyclic amines) is 1. The van der Waals surface area contributed by atoms with Crippen LogP contribution in [0.2, 0.25) is 0 Å². The van der Waals surface area contributed by atoms with Gasteiger partial charge in [-0.15, -0.1) is 13.2 Å². The normalized spacial score (nSPS) is 16.8. The molecule has 1 saturated heterocycles. The first kappa shape index (κ1) is 17.3. The average molecular weight is 328 g/mol. The van der Waals surface area contributed by atoms with Crippen LogP contribution in [0.4, 0.5) is 13.2 Å². The van der Waals surface area contributed by atoms with Gasteiger partial charge in [0.25, 0.3) is 0 Å². The Morgan fingerprint density at radius 3 is 2.57 bits per heavy atom. The van der Waals surface area contributed by atoms with E-state index >= 15 is 0 Å². The Morgan fingerprint density at radius 1 is 1.30 bits per heavy atom. The second kappa shape index (κ2) is 7.50. The molecule has 1 heterocycles. The van der Waals surface area contributed by atoms with E-state index in [-0.39, 0.29) is 17.2 Å². The summed E-state index contributed by atoms with van der Waals surface area (Å²) >= 11 is 0. The first-order valence-corrected chi connectivity index (χ1v) is 7.38. The second-order valence-electron chi connectivity index (χ2n) is 5.31. The van der Waals surface area contributed by atoms with E-state index in [1.54, 1.807) is 11.0 Å². The van der Waals surface area contributed by atoms with Crippen LogP contribution in [0.1, 0.15) is 18.4 Å². The summed E-state index contributed by atoms with van der Waals surface area (Å²) in [7, 11) is 1.89. The van der Waals surface area contributed by atoms with Gasteiger partial charge in [0.15, 0.2) is 0 Å². The van der Waals surface area contributed by atoms with E-state index in [1.807, 2.05) is 7.05 Å². The maximum absolute atomic E-state index is 12.4. The van der Waals surface area contributed by atoms with E-state index in [0.717, 1.165) is 12.8 Å². The molecular weight excluding hydrogens is 309 g/mol. The summed E-state index contributed by atoms with van der Waals surface area (Å²) in [5.41, 5.74) is 0.211. The molecule has 126 valence electrons. The Kier molecular flexibility index (Phi) is 5.65. The molecule has 0 bridgehead atoms. The third kappa shape index (κ3) is 5.28. The number of halogens is 3. The summed E-state index contributed by atoms with van der Waals surface area (Å²) < 4.78 is 41.0. The van der Waals surface area contributed by atoms with Crippen molar-refractivity contribution in [1.29, 1.82) is 0 Å². The topological polar surface area (TPSA) is 41.6 Å². The van der Waals surface area contributed by atoms with Crippen molar-refractivity contribution >= 4 is 12.0 Å². The lowest BCUT2D eigenvalue weighted by atomic mass is 10.1. The molecule has 7 heteroatoms. The lowest BCUT2D eigenvalue weighted by molar-refractivity contribution is -0.274. The lowest BCUT2D eigenvalue weighted by Gasteiger charge is -2.31. The Hall–Kier alpha value is -2.02. The van der Waals surface area contributed by atoms with Crippen molar-refractivity contribution < 1.29 is 22.7 Å². The molecule has 1 amide bonds. The zero-order chi connectivity index (χ0) is 16.9. The number of ether oxygens (including phenoxy) is 1. The van der Waals surface area contributed by atoms with Crippen molar-refractivity contribution in [2.75, 3.05) is 20.1 Å². The van der Waals surface area contributed by atoms with E-state index < -0.39 is 6.36 Å². The molecule has 0 spiro atoms. The van der Waals surface area contributed by atoms with Crippen LogP contribution >= 0.6 is 0 Å². The minimum absolute atomic E-state index is 0.207. The molecule has 0 radical (unpaired) electrons. The number of alkyl halides is 3. The quantitative estimate of drug-likeness (QED) is 0.864. The number of hydrogen-bond acceptors (Lipinski definition) is 3. The molecule has 1 aromatic rings. The van der Waals surface area contributed by atoms with Crippen LogP contribution in [-0.4, -0.2) is 43.3 Å². The van der Waals surface area contributed by atoms with E-state index in [0.29, 0.717) is 19.1 Å². The fourth-order valence-electron chi connectivity index (χ4n) is 2.49. The summed E-state index contributed by atoms with van der Waals surface area (Å²) in [6.07, 6.45) is -0.386. The molecule has 1 aliphatic rings. The van der Waals surface area contributed by atoms with Gasteiger partial charge in [-0.3, -0.25) is 4.79 Å². The molecular formula is C16H19F3N2O2. The van der Waals surface area contributed by atoms with Crippen LogP contribution in [0.25, 0.3) is 6.08 Å². The van der Waals surface area contributed by atoms with Crippen molar-refractivity contribution in [3.63, 3.8) is 0 Å². The summed E-state index contributed by atoms with van der Waals surface area (Å²) in [5, 5.41) is 3.17. The average Bonchev–Trinajstić information content (AvgIpc) is 2.52. The van der Waals surface area contributed by atoms with E-state index in [9.17, 15) is 18.0 Å². The number of piperidine rings is 1. The number of hydrogen-bond donors (Lipinski definition) is 1. The number of nitrogens with one attached hydrogen (secondary N) is 1. The molecule has 23 heavy (non-hydrogen) atoms. The minimum Gasteiger partial charge on any atom is -0.405 e. The van der Waals surface area contributed by atoms with Crippen molar-refractivity contribution in [2.45, 2.75) is 25.2 Å². The molecule has 2 rings (SSSR count). The smallest absolute Gasteiger partial charge is 0.405 e. The minimum atomic E-state index is -4.76. The van der Waals surface area contributed by atoms with Crippen LogP contribution in [0.3, 0.4) is 0 Å². The molecule has 0 aliphatic carbocycles. The van der Waals surface area contributed by atoms with Crippen molar-refractivity contribution in [2.24, 2.45) is 0 Å². The van der Waals surface area contributed by atoms with E-state index in [1.165, 1.54) is 30.4 Å². The number of rotatable bonds is 4. The Morgan fingerprint density at radius 2 is 1.96 bits per heavy atom. The van der Waals surface area contributed by atoms with Crippen LogP contribution in [0.5, 0.6) is 5.75 Å². The zero-order valence-electron chi connectivity index (χ0n) is 12.8. The molecule has 0 aromatic heterocycles. The van der Waals surface area contributed by atoms with Gasteiger partial charge >= 0.3 is 6.36 Å². The molecule has 1 fully saturated rings. The van der Waals surface area contributed by atoms with E-state index in [4.69, 9.17) is 0 Å². The second-order valence-corrected chi connectivity index (χ2v) is 5.31. The summed E-state index contributed by atoms with van der Waals surface area (Å²) in [5.74, 6) is -0.528. The largest absolute Gasteiger partial charge is 0.573 e. The van der Waals surface area contributed by atoms with Crippen molar-refractivity contribution in [1.82, 2.24) is 10.2 Å². The Bertz CT molecular complexity index is 565. The van der Waals surface area contributed by atoms with Gasteiger partial charge in [-0.05, 0) is 32.0 Å². The molecule has 1 N–H and O–H groups in total. The van der Waals surface area contributed by atoms with Gasteiger partial charge in [-0.25, -0.2) is 0 Å². The third-order valence-electron chi connectivity index (χ3n) is 3.77. The fraction of sp³-hybridized carbons (Fsp3) is 0.438. The van der Waals surface area contributed by atoms with Gasteiger partial charge in [0.2, 0.25) is 5.91 Å². The predicted molar refractivity (Wildman–Crippen MR) is 80.8 cm³/mol. The maximum atomic E-state index is 12.4. The first-order valence-electron chi connectivity index (χ1n) is 7.38. The Labute approximate surface area is 132 Å². The first-order chi connectivity index (χ1) is 10.9. The Balaban J connectivity index is 2.01. The molecule has 0 saturated carbocycles. The number of amides is 1. The monoisotopic (exact) mass is 328 g/mol. The molecule has 4 nitrogen and oxygen atoms in total. The summed E-state index contributed by atoms with van der Waals surface area (Å²) in [6, 6.07) is 6.13. The van der Waals surface area contributed by atoms with Gasteiger partial charge in [0.05, 0.1) is 0 Å². The van der Waals surface area contributed by atoms with Crippen LogP contribution < -0.4 is 10.1 Å². The van der Waals surface area contributed by atoms with Crippen molar-refractivity contribution in [3.05, 3.63) is 35.9 Å². The van der Waals surface area contributed by atoms with Crippen LogP contribution in [0.15, 0.2) is 30.3 Å². The highest BCUT2D eigenvalue weighted by atomic mass is 19.4. The predicted octanol–water partition coefficient (Wildman–Crippen LogP) is 2.81. The molecule has 1 aliphatic heterocycles. The molecule has 0 atom stereocenters. The highest BCUT2D eigenvalue weighted by molar-refractivity contribution is 5.92.